The molecule has 0 bridgehead atoms. The van der Waals surface area contributed by atoms with Gasteiger partial charge in [-0.2, -0.15) is 26.3 Å². The Kier molecular flexibility index (Phi) is 6.39. The fourth-order valence-corrected chi connectivity index (χ4v) is 3.18. The summed E-state index contributed by atoms with van der Waals surface area (Å²) in [7, 11) is 0. The van der Waals surface area contributed by atoms with Crippen molar-refractivity contribution in [3.63, 3.8) is 0 Å². The summed E-state index contributed by atoms with van der Waals surface area (Å²) in [5.74, 6) is -0.916. The Labute approximate surface area is 132 Å². The van der Waals surface area contributed by atoms with Crippen molar-refractivity contribution in [2.75, 3.05) is 0 Å². The lowest BCUT2D eigenvalue weighted by Gasteiger charge is -2.34. The largest absolute Gasteiger partial charge is 0.198 e. The molecule has 1 fully saturated rings. The van der Waals surface area contributed by atoms with Crippen molar-refractivity contribution < 1.29 is 0 Å². The Hall–Kier alpha value is -2.55. The van der Waals surface area contributed by atoms with Crippen LogP contribution in [0.25, 0.3) is 0 Å². The molecule has 1 atom stereocenters. The molecule has 0 spiro atoms. The molecule has 1 unspecified atom stereocenters. The van der Waals surface area contributed by atoms with Gasteiger partial charge in [-0.3, -0.25) is 0 Å². The van der Waals surface area contributed by atoms with E-state index in [2.05, 4.69) is 0 Å². The summed E-state index contributed by atoms with van der Waals surface area (Å²) in [6.07, 6.45) is 6.91. The molecule has 0 aromatic carbocycles. The quantitative estimate of drug-likeness (QED) is 0.674. The van der Waals surface area contributed by atoms with E-state index in [1.807, 2.05) is 30.3 Å². The highest BCUT2D eigenvalue weighted by Crippen LogP contribution is 2.49. The zero-order valence-corrected chi connectivity index (χ0v) is 12.7. The van der Waals surface area contributed by atoms with Crippen LogP contribution in [0.3, 0.4) is 0 Å². The highest BCUT2D eigenvalue weighted by molar-refractivity contribution is 5.37. The summed E-state index contributed by atoms with van der Waals surface area (Å²) in [6.45, 7) is 0. The predicted molar refractivity (Wildman–Crippen MR) is 78.0 cm³/mol. The van der Waals surface area contributed by atoms with Crippen molar-refractivity contribution in [3.05, 3.63) is 0 Å². The third-order valence-electron chi connectivity index (χ3n) is 4.63. The van der Waals surface area contributed by atoms with E-state index in [0.717, 1.165) is 38.5 Å². The van der Waals surface area contributed by atoms with E-state index in [1.165, 1.54) is 0 Å². The van der Waals surface area contributed by atoms with Gasteiger partial charge >= 0.3 is 0 Å². The standard InChI is InChI=1S/C17H19N5/c18-10-15-8-6-4-2-1-3-5-7-9-16(11-19,12-20)17(15,13-21)14-22/h15H,1-9H2. The molecule has 0 aromatic rings. The second-order valence-corrected chi connectivity index (χ2v) is 5.86. The molecule has 22 heavy (non-hydrogen) atoms. The van der Waals surface area contributed by atoms with Gasteiger partial charge in [-0.05, 0) is 12.8 Å². The number of rotatable bonds is 0. The molecular weight excluding hydrogens is 274 g/mol. The van der Waals surface area contributed by atoms with E-state index in [1.54, 1.807) is 0 Å². The first-order valence-electron chi connectivity index (χ1n) is 7.71. The van der Waals surface area contributed by atoms with Crippen LogP contribution in [0.15, 0.2) is 0 Å². The molecule has 5 nitrogen and oxygen atoms in total. The van der Waals surface area contributed by atoms with Crippen LogP contribution in [-0.4, -0.2) is 0 Å². The molecule has 0 heterocycles. The van der Waals surface area contributed by atoms with Crippen LogP contribution < -0.4 is 0 Å². The van der Waals surface area contributed by atoms with E-state index in [0.29, 0.717) is 12.8 Å². The van der Waals surface area contributed by atoms with Gasteiger partial charge in [0.1, 0.15) is 0 Å². The number of hydrogen-bond donors (Lipinski definition) is 0. The van der Waals surface area contributed by atoms with Gasteiger partial charge < -0.3 is 0 Å². The molecule has 1 aliphatic carbocycles. The topological polar surface area (TPSA) is 119 Å². The smallest absolute Gasteiger partial charge is 0.190 e. The molecule has 1 saturated carbocycles. The van der Waals surface area contributed by atoms with Gasteiger partial charge in [-0.1, -0.05) is 44.9 Å². The van der Waals surface area contributed by atoms with Crippen molar-refractivity contribution in [2.45, 2.75) is 57.8 Å². The molecule has 1 aliphatic rings. The number of nitriles is 5. The summed E-state index contributed by atoms with van der Waals surface area (Å²) < 4.78 is 0. The molecule has 0 N–H and O–H groups in total. The summed E-state index contributed by atoms with van der Waals surface area (Å²) >= 11 is 0. The Morgan fingerprint density at radius 3 is 1.59 bits per heavy atom. The minimum atomic E-state index is -1.88. The zero-order valence-electron chi connectivity index (χ0n) is 12.7. The van der Waals surface area contributed by atoms with Gasteiger partial charge in [-0.15, -0.1) is 0 Å². The van der Waals surface area contributed by atoms with Crippen molar-refractivity contribution in [1.82, 2.24) is 0 Å². The predicted octanol–water partition coefficient (Wildman–Crippen LogP) is 3.72. The average Bonchev–Trinajstić information content (AvgIpc) is 2.56. The lowest BCUT2D eigenvalue weighted by atomic mass is 9.57. The first kappa shape index (κ1) is 17.5. The van der Waals surface area contributed by atoms with Crippen molar-refractivity contribution >= 4 is 0 Å². The molecule has 0 aromatic heterocycles. The molecular formula is C17H19N5. The maximum Gasteiger partial charge on any atom is 0.190 e. The summed E-state index contributed by atoms with van der Waals surface area (Å²) in [5.41, 5.74) is -3.62. The summed E-state index contributed by atoms with van der Waals surface area (Å²) in [4.78, 5) is 0. The van der Waals surface area contributed by atoms with Crippen LogP contribution in [0.1, 0.15) is 57.8 Å². The van der Waals surface area contributed by atoms with Gasteiger partial charge in [0.15, 0.2) is 10.8 Å². The van der Waals surface area contributed by atoms with E-state index in [-0.39, 0.29) is 6.42 Å². The lowest BCUT2D eigenvalue weighted by molar-refractivity contribution is 0.198. The molecule has 5 heteroatoms. The van der Waals surface area contributed by atoms with Crippen LogP contribution in [0, 0.1) is 73.4 Å². The normalized spacial score (nSPS) is 24.6. The fraction of sp³-hybridized carbons (Fsp3) is 0.706. The Bertz CT molecular complexity index is 559. The zero-order chi connectivity index (χ0) is 16.5. The Balaban J connectivity index is 3.35. The van der Waals surface area contributed by atoms with E-state index in [9.17, 15) is 26.3 Å². The summed E-state index contributed by atoms with van der Waals surface area (Å²) in [5, 5.41) is 47.8. The average molecular weight is 293 g/mol. The number of nitrogens with zero attached hydrogens (tertiary/aromatic N) is 5. The third kappa shape index (κ3) is 3.03. The minimum absolute atomic E-state index is 0.166. The maximum atomic E-state index is 9.62. The summed E-state index contributed by atoms with van der Waals surface area (Å²) in [6, 6.07) is 9.63. The third-order valence-corrected chi connectivity index (χ3v) is 4.63. The highest BCUT2D eigenvalue weighted by Gasteiger charge is 2.58. The van der Waals surface area contributed by atoms with Crippen LogP contribution in [0.5, 0.6) is 0 Å². The fourth-order valence-electron chi connectivity index (χ4n) is 3.18. The molecule has 1 rings (SSSR count). The van der Waals surface area contributed by atoms with Gasteiger partial charge in [0, 0.05) is 0 Å². The Morgan fingerprint density at radius 1 is 0.636 bits per heavy atom. The van der Waals surface area contributed by atoms with Crippen LogP contribution in [0.4, 0.5) is 0 Å². The van der Waals surface area contributed by atoms with E-state index < -0.39 is 16.7 Å². The highest BCUT2D eigenvalue weighted by atomic mass is 14.6. The van der Waals surface area contributed by atoms with Crippen LogP contribution >= 0.6 is 0 Å². The van der Waals surface area contributed by atoms with Gasteiger partial charge in [0.05, 0.1) is 36.3 Å². The molecule has 0 amide bonds. The van der Waals surface area contributed by atoms with E-state index >= 15 is 0 Å². The molecule has 112 valence electrons. The molecule has 0 saturated heterocycles. The van der Waals surface area contributed by atoms with Crippen molar-refractivity contribution in [3.8, 4) is 30.3 Å². The van der Waals surface area contributed by atoms with Gasteiger partial charge in [-0.25, -0.2) is 0 Å². The maximum absolute atomic E-state index is 9.62. The Morgan fingerprint density at radius 2 is 1.14 bits per heavy atom. The first-order chi connectivity index (χ1) is 10.7. The molecule has 0 radical (unpaired) electrons. The number of hydrogen-bond acceptors (Lipinski definition) is 5. The van der Waals surface area contributed by atoms with Crippen molar-refractivity contribution in [1.29, 1.82) is 26.3 Å². The second kappa shape index (κ2) is 8.03. The minimum Gasteiger partial charge on any atom is -0.198 e. The first-order valence-corrected chi connectivity index (χ1v) is 7.71. The van der Waals surface area contributed by atoms with E-state index in [4.69, 9.17) is 0 Å². The van der Waals surface area contributed by atoms with Crippen molar-refractivity contribution in [2.24, 2.45) is 16.7 Å². The second-order valence-electron chi connectivity index (χ2n) is 5.86. The van der Waals surface area contributed by atoms with Gasteiger partial charge in [0.25, 0.3) is 0 Å². The van der Waals surface area contributed by atoms with Gasteiger partial charge in [0.2, 0.25) is 0 Å². The monoisotopic (exact) mass is 293 g/mol. The lowest BCUT2D eigenvalue weighted by Crippen LogP contribution is -2.44. The molecule has 0 aliphatic heterocycles. The SMILES string of the molecule is N#CC1CCCCCCCCCC(C#N)(C#N)C1(C#N)C#N. The van der Waals surface area contributed by atoms with Crippen LogP contribution in [0.2, 0.25) is 0 Å². The van der Waals surface area contributed by atoms with Crippen LogP contribution in [-0.2, 0) is 0 Å².